The molecule has 0 radical (unpaired) electrons. The van der Waals surface area contributed by atoms with E-state index in [2.05, 4.69) is 5.48 Å². The Kier molecular flexibility index (Phi) is 4.86. The molecule has 0 unspecified atom stereocenters. The molecule has 0 spiro atoms. The predicted octanol–water partition coefficient (Wildman–Crippen LogP) is 2.32. The molecule has 1 aromatic rings. The number of rotatable bonds is 5. The molecule has 0 aromatic heterocycles. The molecule has 5 heteroatoms. The van der Waals surface area contributed by atoms with Gasteiger partial charge in [-0.2, -0.15) is 5.48 Å². The van der Waals surface area contributed by atoms with Crippen LogP contribution in [0, 0.1) is 6.92 Å². The van der Waals surface area contributed by atoms with Crippen molar-refractivity contribution in [2.24, 2.45) is 0 Å². The zero-order valence-electron chi connectivity index (χ0n) is 9.89. The van der Waals surface area contributed by atoms with Crippen molar-refractivity contribution in [2.45, 2.75) is 13.5 Å². The number of benzene rings is 1. The van der Waals surface area contributed by atoms with Crippen molar-refractivity contribution < 1.29 is 14.3 Å². The SMILES string of the molecule is CONCc1c(Cl)cc(OC)c(OC)c1C. The molecule has 0 saturated heterocycles. The van der Waals surface area contributed by atoms with E-state index in [0.29, 0.717) is 23.1 Å². The van der Waals surface area contributed by atoms with E-state index in [1.165, 1.54) is 0 Å². The lowest BCUT2D eigenvalue weighted by Crippen LogP contribution is -2.13. The lowest BCUT2D eigenvalue weighted by atomic mass is 10.1. The van der Waals surface area contributed by atoms with Crippen molar-refractivity contribution in [2.75, 3.05) is 21.3 Å². The van der Waals surface area contributed by atoms with Crippen LogP contribution < -0.4 is 15.0 Å². The molecule has 0 aliphatic rings. The summed E-state index contributed by atoms with van der Waals surface area (Å²) in [7, 11) is 4.75. The minimum absolute atomic E-state index is 0.515. The fourth-order valence-electron chi connectivity index (χ4n) is 1.54. The summed E-state index contributed by atoms with van der Waals surface area (Å²) < 4.78 is 10.5. The van der Waals surface area contributed by atoms with Crippen molar-refractivity contribution in [3.05, 3.63) is 22.2 Å². The maximum absolute atomic E-state index is 6.15. The van der Waals surface area contributed by atoms with E-state index < -0.39 is 0 Å². The highest BCUT2D eigenvalue weighted by Crippen LogP contribution is 2.37. The van der Waals surface area contributed by atoms with E-state index in [1.54, 1.807) is 27.4 Å². The molecule has 0 saturated carbocycles. The second-order valence-electron chi connectivity index (χ2n) is 3.22. The first-order chi connectivity index (χ1) is 7.65. The quantitative estimate of drug-likeness (QED) is 0.809. The van der Waals surface area contributed by atoms with Crippen LogP contribution in [0.5, 0.6) is 11.5 Å². The van der Waals surface area contributed by atoms with Gasteiger partial charge in [-0.05, 0) is 12.5 Å². The van der Waals surface area contributed by atoms with Crippen LogP contribution in [0.15, 0.2) is 6.07 Å². The largest absolute Gasteiger partial charge is 0.493 e. The summed E-state index contributed by atoms with van der Waals surface area (Å²) in [5.74, 6) is 1.32. The average molecular weight is 246 g/mol. The number of hydrogen-bond donors (Lipinski definition) is 1. The standard InChI is InChI=1S/C11H16ClNO3/c1-7-8(6-13-16-4)9(12)5-10(14-2)11(7)15-3/h5,13H,6H2,1-4H3. The topological polar surface area (TPSA) is 39.7 Å². The molecule has 0 atom stereocenters. The molecule has 0 bridgehead atoms. The fraction of sp³-hybridized carbons (Fsp3) is 0.455. The van der Waals surface area contributed by atoms with Crippen molar-refractivity contribution in [1.82, 2.24) is 5.48 Å². The van der Waals surface area contributed by atoms with Crippen molar-refractivity contribution >= 4 is 11.6 Å². The molecule has 0 heterocycles. The summed E-state index contributed by atoms with van der Waals surface area (Å²) in [5.41, 5.74) is 4.63. The molecule has 0 aliphatic heterocycles. The number of nitrogens with one attached hydrogen (secondary N) is 1. The molecule has 4 nitrogen and oxygen atoms in total. The number of methoxy groups -OCH3 is 2. The predicted molar refractivity (Wildman–Crippen MR) is 63.1 cm³/mol. The van der Waals surface area contributed by atoms with Gasteiger partial charge in [-0.25, -0.2) is 0 Å². The van der Waals surface area contributed by atoms with Gasteiger partial charge in [-0.3, -0.25) is 0 Å². The lowest BCUT2D eigenvalue weighted by molar-refractivity contribution is 0.0865. The average Bonchev–Trinajstić information content (AvgIpc) is 2.28. The Hall–Kier alpha value is -0.970. The molecule has 90 valence electrons. The molecular weight excluding hydrogens is 230 g/mol. The summed E-state index contributed by atoms with van der Waals surface area (Å²) in [5, 5.41) is 0.625. The minimum Gasteiger partial charge on any atom is -0.493 e. The Morgan fingerprint density at radius 2 is 1.94 bits per heavy atom. The molecular formula is C11H16ClNO3. The van der Waals surface area contributed by atoms with E-state index in [9.17, 15) is 0 Å². The number of hydroxylamine groups is 1. The van der Waals surface area contributed by atoms with E-state index in [4.69, 9.17) is 25.9 Å². The first kappa shape index (κ1) is 13.1. The highest BCUT2D eigenvalue weighted by molar-refractivity contribution is 6.31. The molecule has 16 heavy (non-hydrogen) atoms. The maximum atomic E-state index is 6.15. The van der Waals surface area contributed by atoms with Crippen LogP contribution in [-0.4, -0.2) is 21.3 Å². The Labute approximate surface area is 100 Å². The first-order valence-electron chi connectivity index (χ1n) is 4.81. The van der Waals surface area contributed by atoms with E-state index in [0.717, 1.165) is 11.1 Å². The van der Waals surface area contributed by atoms with Crippen LogP contribution in [0.2, 0.25) is 5.02 Å². The van der Waals surface area contributed by atoms with Gasteiger partial charge in [0.2, 0.25) is 0 Å². The van der Waals surface area contributed by atoms with Crippen molar-refractivity contribution in [1.29, 1.82) is 0 Å². The number of ether oxygens (including phenoxy) is 2. The summed E-state index contributed by atoms with van der Waals surface area (Å²) in [6.07, 6.45) is 0. The monoisotopic (exact) mass is 245 g/mol. The van der Waals surface area contributed by atoms with Crippen LogP contribution in [0.3, 0.4) is 0 Å². The molecule has 0 aliphatic carbocycles. The molecule has 1 aromatic carbocycles. The molecule has 1 rings (SSSR count). The van der Waals surface area contributed by atoms with Crippen LogP contribution in [0.25, 0.3) is 0 Å². The van der Waals surface area contributed by atoms with Crippen LogP contribution in [0.1, 0.15) is 11.1 Å². The first-order valence-corrected chi connectivity index (χ1v) is 5.19. The summed E-state index contributed by atoms with van der Waals surface area (Å²) >= 11 is 6.15. The lowest BCUT2D eigenvalue weighted by Gasteiger charge is -2.16. The Morgan fingerprint density at radius 3 is 2.44 bits per heavy atom. The van der Waals surface area contributed by atoms with Crippen LogP contribution in [0.4, 0.5) is 0 Å². The van der Waals surface area contributed by atoms with Crippen molar-refractivity contribution in [3.8, 4) is 11.5 Å². The highest BCUT2D eigenvalue weighted by Gasteiger charge is 2.15. The fourth-order valence-corrected chi connectivity index (χ4v) is 1.84. The Balaban J connectivity index is 3.18. The van der Waals surface area contributed by atoms with Gasteiger partial charge in [0.05, 0.1) is 21.3 Å². The van der Waals surface area contributed by atoms with Gasteiger partial charge in [0.1, 0.15) is 0 Å². The van der Waals surface area contributed by atoms with E-state index in [-0.39, 0.29) is 0 Å². The van der Waals surface area contributed by atoms with Crippen molar-refractivity contribution in [3.63, 3.8) is 0 Å². The second-order valence-corrected chi connectivity index (χ2v) is 3.63. The second kappa shape index (κ2) is 5.94. The molecule has 0 amide bonds. The zero-order chi connectivity index (χ0) is 12.1. The van der Waals surface area contributed by atoms with Gasteiger partial charge in [0.25, 0.3) is 0 Å². The summed E-state index contributed by atoms with van der Waals surface area (Å²) in [6.45, 7) is 2.45. The van der Waals surface area contributed by atoms with E-state index >= 15 is 0 Å². The third-order valence-corrected chi connectivity index (χ3v) is 2.72. The van der Waals surface area contributed by atoms with Gasteiger partial charge in [0.15, 0.2) is 11.5 Å². The zero-order valence-corrected chi connectivity index (χ0v) is 10.6. The third kappa shape index (κ3) is 2.58. The summed E-state index contributed by atoms with van der Waals surface area (Å²) in [4.78, 5) is 4.81. The van der Waals surface area contributed by atoms with Gasteiger partial charge < -0.3 is 14.3 Å². The molecule has 1 N–H and O–H groups in total. The Morgan fingerprint density at radius 1 is 1.25 bits per heavy atom. The van der Waals surface area contributed by atoms with Gasteiger partial charge in [-0.15, -0.1) is 0 Å². The van der Waals surface area contributed by atoms with E-state index in [1.807, 2.05) is 6.92 Å². The van der Waals surface area contributed by atoms with Gasteiger partial charge in [0, 0.05) is 23.2 Å². The van der Waals surface area contributed by atoms with Crippen LogP contribution >= 0.6 is 11.6 Å². The number of hydrogen-bond acceptors (Lipinski definition) is 4. The van der Waals surface area contributed by atoms with Crippen LogP contribution in [-0.2, 0) is 11.4 Å². The summed E-state index contributed by atoms with van der Waals surface area (Å²) in [6, 6.07) is 1.74. The van der Waals surface area contributed by atoms with Gasteiger partial charge in [-0.1, -0.05) is 11.6 Å². The normalized spacial score (nSPS) is 10.3. The maximum Gasteiger partial charge on any atom is 0.164 e. The number of halogens is 1. The third-order valence-electron chi connectivity index (χ3n) is 2.38. The minimum atomic E-state index is 0.515. The molecule has 0 fully saturated rings. The highest BCUT2D eigenvalue weighted by atomic mass is 35.5. The smallest absolute Gasteiger partial charge is 0.164 e. The Bertz CT molecular complexity index is 369. The van der Waals surface area contributed by atoms with Gasteiger partial charge >= 0.3 is 0 Å².